The number of hydrogen-bond donors (Lipinski definition) is 0. The molecule has 0 atom stereocenters. The topological polar surface area (TPSA) is 48.5 Å². The fourth-order valence-electron chi connectivity index (χ4n) is 8.94. The van der Waals surface area contributed by atoms with Gasteiger partial charge in [0.25, 0.3) is 0 Å². The van der Waals surface area contributed by atoms with E-state index in [1.807, 2.05) is 60.7 Å². The molecule has 0 aliphatic carbocycles. The van der Waals surface area contributed by atoms with Crippen molar-refractivity contribution in [3.05, 3.63) is 212 Å². The number of rotatable bonds is 6. The molecule has 0 amide bonds. The van der Waals surface area contributed by atoms with Crippen molar-refractivity contribution in [2.45, 2.75) is 0 Å². The van der Waals surface area contributed by atoms with Gasteiger partial charge >= 0.3 is 0 Å². The highest BCUT2D eigenvalue weighted by atomic mass is 15.0. The zero-order chi connectivity index (χ0) is 39.6. The molecule has 280 valence electrons. The van der Waals surface area contributed by atoms with E-state index in [-0.39, 0.29) is 0 Å². The summed E-state index contributed by atoms with van der Waals surface area (Å²) in [4.78, 5) is 14.8. The maximum atomic E-state index is 4.97. The molecule has 0 aliphatic heterocycles. The molecule has 0 bridgehead atoms. The zero-order valence-electron chi connectivity index (χ0n) is 32.4. The van der Waals surface area contributed by atoms with Crippen molar-refractivity contribution in [3.63, 3.8) is 0 Å². The summed E-state index contributed by atoms with van der Waals surface area (Å²) < 4.78 is 4.80. The number of para-hydroxylation sites is 2. The quantitative estimate of drug-likeness (QED) is 0.169. The number of benzene rings is 9. The van der Waals surface area contributed by atoms with Crippen LogP contribution >= 0.6 is 0 Å². The van der Waals surface area contributed by atoms with Crippen LogP contribution in [-0.4, -0.2) is 24.1 Å². The molecule has 0 saturated carbocycles. The number of nitrogens with zero attached hydrogens (tertiary/aromatic N) is 5. The normalized spacial score (nSPS) is 11.7. The maximum absolute atomic E-state index is 4.97. The van der Waals surface area contributed by atoms with Gasteiger partial charge < -0.3 is 9.13 Å². The van der Waals surface area contributed by atoms with Crippen LogP contribution in [0.5, 0.6) is 0 Å². The number of fused-ring (bicyclic) bond motifs is 7. The molecule has 0 N–H and O–H groups in total. The Bertz CT molecular complexity index is 3520. The Balaban J connectivity index is 0.972. The lowest BCUT2D eigenvalue weighted by atomic mass is 10.0. The molecule has 12 aromatic rings. The molecule has 0 radical (unpaired) electrons. The molecule has 3 aromatic heterocycles. The monoisotopic (exact) mass is 765 g/mol. The Kier molecular flexibility index (Phi) is 7.78. The van der Waals surface area contributed by atoms with E-state index in [0.29, 0.717) is 17.5 Å². The van der Waals surface area contributed by atoms with Crippen molar-refractivity contribution in [1.29, 1.82) is 0 Å². The smallest absolute Gasteiger partial charge is 0.164 e. The van der Waals surface area contributed by atoms with Gasteiger partial charge in [-0.05, 0) is 77.2 Å². The van der Waals surface area contributed by atoms with Crippen LogP contribution in [0.15, 0.2) is 212 Å². The zero-order valence-corrected chi connectivity index (χ0v) is 32.4. The van der Waals surface area contributed by atoms with Crippen molar-refractivity contribution in [1.82, 2.24) is 24.1 Å². The van der Waals surface area contributed by atoms with Gasteiger partial charge in [-0.2, -0.15) is 0 Å². The van der Waals surface area contributed by atoms with Crippen LogP contribution < -0.4 is 0 Å². The third-order valence-corrected chi connectivity index (χ3v) is 11.8. The number of hydrogen-bond acceptors (Lipinski definition) is 3. The summed E-state index contributed by atoms with van der Waals surface area (Å²) in [5.41, 5.74) is 12.1. The van der Waals surface area contributed by atoms with Crippen LogP contribution in [-0.2, 0) is 0 Å². The molecule has 9 aromatic carbocycles. The van der Waals surface area contributed by atoms with Crippen LogP contribution in [0.4, 0.5) is 0 Å². The lowest BCUT2D eigenvalue weighted by Crippen LogP contribution is -2.00. The van der Waals surface area contributed by atoms with E-state index >= 15 is 0 Å². The molecule has 5 nitrogen and oxygen atoms in total. The Labute approximate surface area is 346 Å². The van der Waals surface area contributed by atoms with Crippen LogP contribution in [0.2, 0.25) is 0 Å². The van der Waals surface area contributed by atoms with Gasteiger partial charge in [0.2, 0.25) is 0 Å². The number of aromatic nitrogens is 5. The van der Waals surface area contributed by atoms with Crippen molar-refractivity contribution < 1.29 is 0 Å². The highest BCUT2D eigenvalue weighted by molar-refractivity contribution is 6.13. The van der Waals surface area contributed by atoms with Gasteiger partial charge in [0.1, 0.15) is 0 Å². The van der Waals surface area contributed by atoms with Crippen molar-refractivity contribution in [2.75, 3.05) is 0 Å². The molecule has 5 heteroatoms. The third kappa shape index (κ3) is 5.52. The summed E-state index contributed by atoms with van der Waals surface area (Å²) in [5, 5.41) is 7.38. The molecular weight excluding hydrogens is 731 g/mol. The predicted octanol–water partition coefficient (Wildman–Crippen LogP) is 13.9. The Morgan fingerprint density at radius 2 is 0.733 bits per heavy atom. The van der Waals surface area contributed by atoms with E-state index in [2.05, 4.69) is 161 Å². The van der Waals surface area contributed by atoms with E-state index in [1.54, 1.807) is 0 Å². The molecule has 60 heavy (non-hydrogen) atoms. The van der Waals surface area contributed by atoms with Gasteiger partial charge in [-0.25, -0.2) is 15.0 Å². The second-order valence-corrected chi connectivity index (χ2v) is 15.3. The Morgan fingerprint density at radius 3 is 1.42 bits per heavy atom. The van der Waals surface area contributed by atoms with Crippen molar-refractivity contribution >= 4 is 54.4 Å². The second-order valence-electron chi connectivity index (χ2n) is 15.3. The second kappa shape index (κ2) is 13.8. The first kappa shape index (κ1) is 33.9. The summed E-state index contributed by atoms with van der Waals surface area (Å²) in [7, 11) is 0. The summed E-state index contributed by atoms with van der Waals surface area (Å²) in [6.45, 7) is 0. The van der Waals surface area contributed by atoms with Crippen molar-refractivity contribution in [2.24, 2.45) is 0 Å². The minimum Gasteiger partial charge on any atom is -0.309 e. The van der Waals surface area contributed by atoms with Gasteiger partial charge in [-0.3, -0.25) is 0 Å². The molecule has 0 saturated heterocycles. The standard InChI is InChI=1S/C55H35N5/c1-3-15-37(16-4-1)53-56-54(38-17-5-2-6-18-38)58-55(57-53)39-26-30-42(31-27-39)59-49-23-11-10-22-45(49)47-34-40(29-33-51(47)59)41-28-32-46-44-21-9-12-24-50(44)60(52(46)35-41)48-25-13-19-36-14-7-8-20-43(36)48/h1-35H. The average Bonchev–Trinajstić information content (AvgIpc) is 3.84. The van der Waals surface area contributed by atoms with Crippen molar-refractivity contribution in [3.8, 4) is 56.7 Å². The summed E-state index contributed by atoms with van der Waals surface area (Å²) >= 11 is 0. The van der Waals surface area contributed by atoms with Gasteiger partial charge in [0.05, 0.1) is 27.8 Å². The minimum absolute atomic E-state index is 0.637. The van der Waals surface area contributed by atoms with Gasteiger partial charge in [0, 0.05) is 49.3 Å². The Hall–Kier alpha value is -8.15. The third-order valence-electron chi connectivity index (χ3n) is 11.8. The molecule has 0 unspecified atom stereocenters. The van der Waals surface area contributed by atoms with E-state index < -0.39 is 0 Å². The molecule has 3 heterocycles. The highest BCUT2D eigenvalue weighted by Crippen LogP contribution is 2.39. The average molecular weight is 766 g/mol. The minimum atomic E-state index is 0.637. The SMILES string of the molecule is c1ccc(-c2nc(-c3ccccc3)nc(-c3ccc(-n4c5ccccc5c5cc(-c6ccc7c8ccccc8n(-c8cccc9ccccc89)c7c6)ccc54)cc3)n2)cc1. The first-order chi connectivity index (χ1) is 29.7. The molecule has 0 spiro atoms. The van der Waals surface area contributed by atoms with E-state index in [1.165, 1.54) is 60.2 Å². The molecular formula is C55H35N5. The van der Waals surface area contributed by atoms with E-state index in [9.17, 15) is 0 Å². The Morgan fingerprint density at radius 1 is 0.267 bits per heavy atom. The van der Waals surface area contributed by atoms with Crippen LogP contribution in [0.3, 0.4) is 0 Å². The first-order valence-corrected chi connectivity index (χ1v) is 20.3. The maximum Gasteiger partial charge on any atom is 0.164 e. The van der Waals surface area contributed by atoms with Gasteiger partial charge in [0.15, 0.2) is 17.5 Å². The summed E-state index contributed by atoms with van der Waals surface area (Å²) in [6, 6.07) is 75.3. The van der Waals surface area contributed by atoms with Crippen LogP contribution in [0.1, 0.15) is 0 Å². The highest BCUT2D eigenvalue weighted by Gasteiger charge is 2.18. The molecule has 0 aliphatic rings. The fourth-order valence-corrected chi connectivity index (χ4v) is 8.94. The fraction of sp³-hybridized carbons (Fsp3) is 0. The van der Waals surface area contributed by atoms with Gasteiger partial charge in [-0.1, -0.05) is 152 Å². The lowest BCUT2D eigenvalue weighted by molar-refractivity contribution is 1.07. The van der Waals surface area contributed by atoms with E-state index in [0.717, 1.165) is 33.4 Å². The van der Waals surface area contributed by atoms with E-state index in [4.69, 9.17) is 15.0 Å². The lowest BCUT2D eigenvalue weighted by Gasteiger charge is -2.12. The predicted molar refractivity (Wildman–Crippen MR) is 248 cm³/mol. The van der Waals surface area contributed by atoms with Crippen LogP contribution in [0, 0.1) is 0 Å². The van der Waals surface area contributed by atoms with Crippen LogP contribution in [0.25, 0.3) is 111 Å². The largest absolute Gasteiger partial charge is 0.309 e. The summed E-state index contributed by atoms with van der Waals surface area (Å²) in [6.07, 6.45) is 0. The molecule has 12 rings (SSSR count). The first-order valence-electron chi connectivity index (χ1n) is 20.3. The van der Waals surface area contributed by atoms with Gasteiger partial charge in [-0.15, -0.1) is 0 Å². The summed E-state index contributed by atoms with van der Waals surface area (Å²) in [5.74, 6) is 1.93. The molecule has 0 fully saturated rings.